The highest BCUT2D eigenvalue weighted by Crippen LogP contribution is 2.31. The molecule has 10 heteroatoms. The van der Waals surface area contributed by atoms with Crippen LogP contribution in [0.2, 0.25) is 0 Å². The summed E-state index contributed by atoms with van der Waals surface area (Å²) in [7, 11) is 0. The molecule has 7 nitrogen and oxygen atoms in total. The lowest BCUT2D eigenvalue weighted by molar-refractivity contribution is -0.384. The monoisotopic (exact) mass is 501 g/mol. The smallest absolute Gasteiger partial charge is 0.311 e. The van der Waals surface area contributed by atoms with Crippen LogP contribution in [-0.2, 0) is 12.7 Å². The largest absolute Gasteiger partial charge is 0.416 e. The highest BCUT2D eigenvalue weighted by molar-refractivity contribution is 5.61. The van der Waals surface area contributed by atoms with Gasteiger partial charge in [-0.25, -0.2) is 4.68 Å². The van der Waals surface area contributed by atoms with Gasteiger partial charge >= 0.3 is 6.18 Å². The fraction of sp³-hybridized carbons (Fsp3) is 0.423. The van der Waals surface area contributed by atoms with E-state index in [4.69, 9.17) is 0 Å². The molecule has 0 spiro atoms. The first-order valence-electron chi connectivity index (χ1n) is 12.2. The molecule has 1 saturated heterocycles. The lowest BCUT2D eigenvalue weighted by Gasteiger charge is -2.31. The topological polar surface area (TPSA) is 76.2 Å². The van der Waals surface area contributed by atoms with E-state index in [2.05, 4.69) is 22.2 Å². The van der Waals surface area contributed by atoms with E-state index < -0.39 is 16.7 Å². The average Bonchev–Trinajstić information content (AvgIpc) is 3.29. The molecular formula is C26H30F3N5O2. The van der Waals surface area contributed by atoms with E-state index in [1.54, 1.807) is 16.8 Å². The van der Waals surface area contributed by atoms with Crippen LogP contribution in [-0.4, -0.2) is 45.8 Å². The molecule has 0 bridgehead atoms. The second-order valence-electron chi connectivity index (χ2n) is 9.20. The number of rotatable bonds is 9. The van der Waals surface area contributed by atoms with Crippen LogP contribution < -0.4 is 5.32 Å². The van der Waals surface area contributed by atoms with Gasteiger partial charge in [-0.05, 0) is 81.7 Å². The Kier molecular flexibility index (Phi) is 8.05. The fourth-order valence-corrected chi connectivity index (χ4v) is 4.59. The van der Waals surface area contributed by atoms with Gasteiger partial charge in [0.1, 0.15) is 0 Å². The van der Waals surface area contributed by atoms with Crippen LogP contribution in [0.1, 0.15) is 37.4 Å². The molecule has 36 heavy (non-hydrogen) atoms. The molecular weight excluding hydrogens is 471 g/mol. The molecule has 4 rings (SSSR count). The Labute approximate surface area is 208 Å². The van der Waals surface area contributed by atoms with Crippen LogP contribution >= 0.6 is 0 Å². The van der Waals surface area contributed by atoms with Gasteiger partial charge in [-0.2, -0.15) is 18.3 Å². The van der Waals surface area contributed by atoms with Crippen molar-refractivity contribution in [2.45, 2.75) is 38.9 Å². The summed E-state index contributed by atoms with van der Waals surface area (Å²) >= 11 is 0. The van der Waals surface area contributed by atoms with E-state index >= 15 is 0 Å². The molecule has 2 aromatic carbocycles. The van der Waals surface area contributed by atoms with Gasteiger partial charge in [0.25, 0.3) is 5.69 Å². The molecule has 0 saturated carbocycles. The van der Waals surface area contributed by atoms with Crippen molar-refractivity contribution < 1.29 is 18.1 Å². The van der Waals surface area contributed by atoms with Crippen LogP contribution in [0.5, 0.6) is 0 Å². The van der Waals surface area contributed by atoms with Crippen LogP contribution in [0.4, 0.5) is 18.9 Å². The summed E-state index contributed by atoms with van der Waals surface area (Å²) in [5.74, 6) is 0.586. The Bertz CT molecular complexity index is 1150. The summed E-state index contributed by atoms with van der Waals surface area (Å²) in [6, 6.07) is 12.8. The molecule has 0 radical (unpaired) electrons. The summed E-state index contributed by atoms with van der Waals surface area (Å²) in [5, 5.41) is 19.2. The maximum absolute atomic E-state index is 13.0. The standard InChI is InChI=1S/C26H30F3N5O2/c1-2-13-32-14-11-19(12-15-32)17-30-18-24-16-25(20-3-5-21(6-4-20)26(27,28)29)31-33(24)22-7-9-23(10-8-22)34(35)36/h3-10,16,19,30H,2,11-15,17-18H2,1H3. The molecule has 1 aliphatic heterocycles. The number of nitrogens with zero attached hydrogens (tertiary/aromatic N) is 4. The Morgan fingerprint density at radius 1 is 1.08 bits per heavy atom. The number of benzene rings is 2. The Hall–Kier alpha value is -3.24. The van der Waals surface area contributed by atoms with Gasteiger partial charge in [0, 0.05) is 24.2 Å². The van der Waals surface area contributed by atoms with Crippen molar-refractivity contribution in [2.24, 2.45) is 5.92 Å². The maximum atomic E-state index is 13.0. The summed E-state index contributed by atoms with van der Waals surface area (Å²) in [4.78, 5) is 13.1. The van der Waals surface area contributed by atoms with Crippen molar-refractivity contribution in [1.29, 1.82) is 0 Å². The van der Waals surface area contributed by atoms with E-state index in [0.717, 1.165) is 63.3 Å². The number of alkyl halides is 3. The number of aromatic nitrogens is 2. The lowest BCUT2D eigenvalue weighted by atomic mass is 9.96. The minimum atomic E-state index is -4.40. The maximum Gasteiger partial charge on any atom is 0.416 e. The quantitative estimate of drug-likeness (QED) is 0.302. The predicted molar refractivity (Wildman–Crippen MR) is 132 cm³/mol. The van der Waals surface area contributed by atoms with Crippen LogP contribution in [0.15, 0.2) is 54.6 Å². The Morgan fingerprint density at radius 3 is 2.33 bits per heavy atom. The van der Waals surface area contributed by atoms with Crippen LogP contribution in [0.3, 0.4) is 0 Å². The number of halogens is 3. The number of nitro groups is 1. The number of hydrogen-bond donors (Lipinski definition) is 1. The molecule has 2 heterocycles. The molecule has 1 N–H and O–H groups in total. The van der Waals surface area contributed by atoms with Gasteiger partial charge in [-0.3, -0.25) is 10.1 Å². The number of non-ortho nitro benzene ring substituents is 1. The summed E-state index contributed by atoms with van der Waals surface area (Å²) in [6.45, 7) is 6.93. The third kappa shape index (κ3) is 6.30. The number of likely N-dealkylation sites (tertiary alicyclic amines) is 1. The molecule has 1 fully saturated rings. The number of piperidine rings is 1. The number of hydrogen-bond acceptors (Lipinski definition) is 5. The Balaban J connectivity index is 1.52. The van der Waals surface area contributed by atoms with Crippen molar-refractivity contribution in [3.8, 4) is 16.9 Å². The molecule has 192 valence electrons. The second-order valence-corrected chi connectivity index (χ2v) is 9.20. The van der Waals surface area contributed by atoms with Crippen molar-refractivity contribution >= 4 is 5.69 Å². The minimum Gasteiger partial charge on any atom is -0.311 e. The van der Waals surface area contributed by atoms with Crippen molar-refractivity contribution in [3.05, 3.63) is 76.0 Å². The number of nitro benzene ring substituents is 1. The minimum absolute atomic E-state index is 0.0250. The SMILES string of the molecule is CCCN1CCC(CNCc2cc(-c3ccc(C(F)(F)F)cc3)nn2-c2ccc([N+](=O)[O-])cc2)CC1. The fourth-order valence-electron chi connectivity index (χ4n) is 4.59. The zero-order chi connectivity index (χ0) is 25.7. The van der Waals surface area contributed by atoms with E-state index in [1.165, 1.54) is 24.3 Å². The van der Waals surface area contributed by atoms with Gasteiger partial charge < -0.3 is 10.2 Å². The van der Waals surface area contributed by atoms with Gasteiger partial charge in [-0.15, -0.1) is 0 Å². The summed E-state index contributed by atoms with van der Waals surface area (Å²) in [5.41, 5.74) is 1.82. The lowest BCUT2D eigenvalue weighted by Crippen LogP contribution is -2.37. The molecule has 1 aromatic heterocycles. The number of nitrogens with one attached hydrogen (secondary N) is 1. The first kappa shape index (κ1) is 25.8. The predicted octanol–water partition coefficient (Wildman–Crippen LogP) is 5.68. The molecule has 0 aliphatic carbocycles. The molecule has 0 atom stereocenters. The highest BCUT2D eigenvalue weighted by Gasteiger charge is 2.30. The highest BCUT2D eigenvalue weighted by atomic mass is 19.4. The van der Waals surface area contributed by atoms with Crippen molar-refractivity contribution in [1.82, 2.24) is 20.0 Å². The van der Waals surface area contributed by atoms with Crippen LogP contribution in [0.25, 0.3) is 16.9 Å². The van der Waals surface area contributed by atoms with Gasteiger partial charge in [0.05, 0.1) is 27.6 Å². The second kappa shape index (κ2) is 11.2. The third-order valence-electron chi connectivity index (χ3n) is 6.58. The van der Waals surface area contributed by atoms with Crippen molar-refractivity contribution in [2.75, 3.05) is 26.2 Å². The van der Waals surface area contributed by atoms with Gasteiger partial charge in [0.2, 0.25) is 0 Å². The third-order valence-corrected chi connectivity index (χ3v) is 6.58. The molecule has 1 aliphatic rings. The normalized spacial score (nSPS) is 15.3. The zero-order valence-electron chi connectivity index (χ0n) is 20.2. The average molecular weight is 502 g/mol. The molecule has 0 amide bonds. The summed E-state index contributed by atoms with van der Waals surface area (Å²) < 4.78 is 40.6. The van der Waals surface area contributed by atoms with E-state index in [0.29, 0.717) is 29.4 Å². The van der Waals surface area contributed by atoms with Gasteiger partial charge in [-0.1, -0.05) is 19.1 Å². The van der Waals surface area contributed by atoms with E-state index in [9.17, 15) is 23.3 Å². The van der Waals surface area contributed by atoms with E-state index in [-0.39, 0.29) is 5.69 Å². The van der Waals surface area contributed by atoms with Crippen LogP contribution in [0, 0.1) is 16.0 Å². The molecule has 0 unspecified atom stereocenters. The van der Waals surface area contributed by atoms with Gasteiger partial charge in [0.15, 0.2) is 0 Å². The van der Waals surface area contributed by atoms with E-state index in [1.807, 2.05) is 6.07 Å². The first-order chi connectivity index (χ1) is 17.2. The first-order valence-corrected chi connectivity index (χ1v) is 12.2. The molecule has 3 aromatic rings. The van der Waals surface area contributed by atoms with Crippen molar-refractivity contribution in [3.63, 3.8) is 0 Å². The summed E-state index contributed by atoms with van der Waals surface area (Å²) in [6.07, 6.45) is -0.952. The zero-order valence-corrected chi connectivity index (χ0v) is 20.2. The Morgan fingerprint density at radius 2 is 1.75 bits per heavy atom.